The monoisotopic (exact) mass is 276 g/mol. The second-order valence-corrected chi connectivity index (χ2v) is 4.59. The van der Waals surface area contributed by atoms with E-state index in [1.807, 2.05) is 6.07 Å². The molecule has 3 amide bonds. The molecule has 0 radical (unpaired) electrons. The van der Waals surface area contributed by atoms with Gasteiger partial charge in [-0.2, -0.15) is 0 Å². The van der Waals surface area contributed by atoms with Gasteiger partial charge in [0, 0.05) is 6.42 Å². The van der Waals surface area contributed by atoms with Crippen LogP contribution in [0.2, 0.25) is 0 Å². The molecule has 2 unspecified atom stereocenters. The lowest BCUT2D eigenvalue weighted by Crippen LogP contribution is -2.54. The molecule has 1 heterocycles. The number of ether oxygens (including phenoxy) is 1. The summed E-state index contributed by atoms with van der Waals surface area (Å²) in [6.07, 6.45) is -0.179. The summed E-state index contributed by atoms with van der Waals surface area (Å²) in [5.41, 5.74) is 0. The van der Waals surface area contributed by atoms with E-state index >= 15 is 0 Å². The van der Waals surface area contributed by atoms with Crippen molar-refractivity contribution in [2.45, 2.75) is 31.9 Å². The minimum atomic E-state index is -0.720. The van der Waals surface area contributed by atoms with Crippen molar-refractivity contribution in [2.24, 2.45) is 0 Å². The number of carbonyl (C=O) groups is 3. The predicted molar refractivity (Wildman–Crippen MR) is 70.8 cm³/mol. The first-order valence-corrected chi connectivity index (χ1v) is 6.42. The Labute approximate surface area is 116 Å². The molecule has 0 aromatic heterocycles. The zero-order valence-electron chi connectivity index (χ0n) is 11.1. The van der Waals surface area contributed by atoms with E-state index in [-0.39, 0.29) is 18.2 Å². The Balaban J connectivity index is 1.88. The topological polar surface area (TPSA) is 84.5 Å². The summed E-state index contributed by atoms with van der Waals surface area (Å²) < 4.78 is 5.46. The average molecular weight is 276 g/mol. The van der Waals surface area contributed by atoms with Crippen molar-refractivity contribution in [3.8, 4) is 5.75 Å². The maximum Gasteiger partial charge on any atom is 0.261 e. The van der Waals surface area contributed by atoms with Gasteiger partial charge in [0.2, 0.25) is 11.8 Å². The van der Waals surface area contributed by atoms with Gasteiger partial charge in [-0.1, -0.05) is 18.2 Å². The lowest BCUT2D eigenvalue weighted by Gasteiger charge is -2.23. The van der Waals surface area contributed by atoms with Crippen LogP contribution < -0.4 is 15.4 Å². The molecular formula is C14H16N2O4. The van der Waals surface area contributed by atoms with E-state index in [9.17, 15) is 14.4 Å². The third kappa shape index (κ3) is 3.57. The van der Waals surface area contributed by atoms with Crippen LogP contribution in [0.4, 0.5) is 0 Å². The van der Waals surface area contributed by atoms with Gasteiger partial charge in [0.15, 0.2) is 6.10 Å². The molecule has 2 N–H and O–H groups in total. The van der Waals surface area contributed by atoms with Crippen LogP contribution in [-0.2, 0) is 14.4 Å². The van der Waals surface area contributed by atoms with E-state index in [1.165, 1.54) is 0 Å². The standard InChI is InChI=1S/C14H16N2O4/c1-9(20-10-5-3-2-4-6-10)13(18)15-11-7-8-12(17)16-14(11)19/h2-6,9,11H,7-8H2,1H3,(H,15,18)(H,16,17,19). The number of carbonyl (C=O) groups excluding carboxylic acids is 3. The fraction of sp³-hybridized carbons (Fsp3) is 0.357. The molecule has 1 saturated heterocycles. The fourth-order valence-corrected chi connectivity index (χ4v) is 1.88. The summed E-state index contributed by atoms with van der Waals surface area (Å²) in [6, 6.07) is 8.27. The zero-order valence-corrected chi connectivity index (χ0v) is 11.1. The number of rotatable bonds is 4. The van der Waals surface area contributed by atoms with Gasteiger partial charge in [-0.15, -0.1) is 0 Å². The van der Waals surface area contributed by atoms with Crippen LogP contribution in [-0.4, -0.2) is 29.9 Å². The van der Waals surface area contributed by atoms with Crippen molar-refractivity contribution in [1.82, 2.24) is 10.6 Å². The predicted octanol–water partition coefficient (Wildman–Crippen LogP) is 0.375. The van der Waals surface area contributed by atoms with E-state index in [4.69, 9.17) is 4.74 Å². The molecule has 20 heavy (non-hydrogen) atoms. The molecular weight excluding hydrogens is 260 g/mol. The molecule has 0 saturated carbocycles. The fourth-order valence-electron chi connectivity index (χ4n) is 1.88. The van der Waals surface area contributed by atoms with Crippen molar-refractivity contribution in [3.63, 3.8) is 0 Å². The van der Waals surface area contributed by atoms with Crippen molar-refractivity contribution < 1.29 is 19.1 Å². The molecule has 2 atom stereocenters. The Morgan fingerprint density at radius 2 is 2.05 bits per heavy atom. The van der Waals surface area contributed by atoms with E-state index in [0.29, 0.717) is 12.2 Å². The van der Waals surface area contributed by atoms with Crippen LogP contribution >= 0.6 is 0 Å². The Morgan fingerprint density at radius 1 is 1.35 bits per heavy atom. The minimum Gasteiger partial charge on any atom is -0.481 e. The Hall–Kier alpha value is -2.37. The summed E-state index contributed by atoms with van der Waals surface area (Å²) >= 11 is 0. The number of para-hydroxylation sites is 1. The lowest BCUT2D eigenvalue weighted by molar-refractivity contribution is -0.138. The first-order chi connectivity index (χ1) is 9.56. The van der Waals surface area contributed by atoms with Gasteiger partial charge in [0.05, 0.1) is 0 Å². The highest BCUT2D eigenvalue weighted by Crippen LogP contribution is 2.11. The highest BCUT2D eigenvalue weighted by Gasteiger charge is 2.29. The molecule has 6 heteroatoms. The van der Waals surface area contributed by atoms with E-state index < -0.39 is 18.1 Å². The Kier molecular flexibility index (Phi) is 4.34. The van der Waals surface area contributed by atoms with Crippen molar-refractivity contribution in [3.05, 3.63) is 30.3 Å². The molecule has 0 aliphatic carbocycles. The van der Waals surface area contributed by atoms with Gasteiger partial charge in [0.25, 0.3) is 5.91 Å². The van der Waals surface area contributed by atoms with Crippen molar-refractivity contribution in [2.75, 3.05) is 0 Å². The van der Waals surface area contributed by atoms with Gasteiger partial charge in [-0.05, 0) is 25.5 Å². The van der Waals surface area contributed by atoms with Gasteiger partial charge >= 0.3 is 0 Å². The highest BCUT2D eigenvalue weighted by molar-refractivity contribution is 6.01. The Bertz CT molecular complexity index is 515. The number of imide groups is 1. The second kappa shape index (κ2) is 6.18. The molecule has 1 aromatic rings. The lowest BCUT2D eigenvalue weighted by atomic mass is 10.1. The number of benzene rings is 1. The summed E-state index contributed by atoms with van der Waals surface area (Å²) in [5.74, 6) is -0.586. The maximum atomic E-state index is 11.9. The SMILES string of the molecule is CC(Oc1ccccc1)C(=O)NC1CCC(=O)NC1=O. The third-order valence-corrected chi connectivity index (χ3v) is 2.98. The summed E-state index contributed by atoms with van der Waals surface area (Å²) in [7, 11) is 0. The number of hydrogen-bond acceptors (Lipinski definition) is 4. The first kappa shape index (κ1) is 14.0. The highest BCUT2D eigenvalue weighted by atomic mass is 16.5. The molecule has 2 rings (SSSR count). The number of amides is 3. The molecule has 1 aromatic carbocycles. The van der Waals surface area contributed by atoms with E-state index in [0.717, 1.165) is 0 Å². The van der Waals surface area contributed by atoms with Crippen LogP contribution in [0.1, 0.15) is 19.8 Å². The Morgan fingerprint density at radius 3 is 2.70 bits per heavy atom. The molecule has 106 valence electrons. The van der Waals surface area contributed by atoms with E-state index in [1.54, 1.807) is 31.2 Å². The zero-order chi connectivity index (χ0) is 14.5. The number of nitrogens with one attached hydrogen (secondary N) is 2. The molecule has 1 aliphatic heterocycles. The molecule has 1 fully saturated rings. The van der Waals surface area contributed by atoms with Crippen LogP contribution in [0, 0.1) is 0 Å². The smallest absolute Gasteiger partial charge is 0.261 e. The molecule has 0 spiro atoms. The molecule has 0 bridgehead atoms. The second-order valence-electron chi connectivity index (χ2n) is 4.59. The van der Waals surface area contributed by atoms with E-state index in [2.05, 4.69) is 10.6 Å². The average Bonchev–Trinajstić information content (AvgIpc) is 2.43. The van der Waals surface area contributed by atoms with Gasteiger partial charge in [-0.25, -0.2) is 0 Å². The number of hydrogen-bond donors (Lipinski definition) is 2. The van der Waals surface area contributed by atoms with Crippen molar-refractivity contribution >= 4 is 17.7 Å². The number of piperidine rings is 1. The van der Waals surface area contributed by atoms with Gasteiger partial charge in [-0.3, -0.25) is 19.7 Å². The molecule has 6 nitrogen and oxygen atoms in total. The quantitative estimate of drug-likeness (QED) is 0.778. The van der Waals surface area contributed by atoms with Crippen LogP contribution in [0.5, 0.6) is 5.75 Å². The van der Waals surface area contributed by atoms with Crippen LogP contribution in [0.3, 0.4) is 0 Å². The third-order valence-electron chi connectivity index (χ3n) is 2.98. The first-order valence-electron chi connectivity index (χ1n) is 6.42. The largest absolute Gasteiger partial charge is 0.481 e. The van der Waals surface area contributed by atoms with Crippen LogP contribution in [0.15, 0.2) is 30.3 Å². The summed E-state index contributed by atoms with van der Waals surface area (Å²) in [4.78, 5) is 34.5. The summed E-state index contributed by atoms with van der Waals surface area (Å²) in [5, 5.41) is 4.77. The van der Waals surface area contributed by atoms with Gasteiger partial charge < -0.3 is 10.1 Å². The van der Waals surface area contributed by atoms with Crippen LogP contribution in [0.25, 0.3) is 0 Å². The van der Waals surface area contributed by atoms with Crippen molar-refractivity contribution in [1.29, 1.82) is 0 Å². The maximum absolute atomic E-state index is 11.9. The normalized spacial score (nSPS) is 19.9. The molecule has 1 aliphatic rings. The summed E-state index contributed by atoms with van der Waals surface area (Å²) in [6.45, 7) is 1.61. The minimum absolute atomic E-state index is 0.227. The van der Waals surface area contributed by atoms with Gasteiger partial charge in [0.1, 0.15) is 11.8 Å².